The molecule has 1 aromatic heterocycles. The normalized spacial score (nSPS) is 26.1. The molecule has 1 aliphatic carbocycles. The van der Waals surface area contributed by atoms with Gasteiger partial charge in [-0.25, -0.2) is 0 Å². The van der Waals surface area contributed by atoms with E-state index in [0.29, 0.717) is 0 Å². The summed E-state index contributed by atoms with van der Waals surface area (Å²) in [7, 11) is 0. The van der Waals surface area contributed by atoms with Crippen LogP contribution in [0.5, 0.6) is 0 Å². The maximum Gasteiger partial charge on any atom is 0.0345 e. The highest BCUT2D eigenvalue weighted by molar-refractivity contribution is 7.19. The lowest BCUT2D eigenvalue weighted by molar-refractivity contribution is 0.347. The molecule has 1 saturated carbocycles. The first kappa shape index (κ1) is 10.3. The molecule has 0 bridgehead atoms. The van der Waals surface area contributed by atoms with Crippen LogP contribution in [0.4, 0.5) is 0 Å². The Morgan fingerprint density at radius 1 is 1.19 bits per heavy atom. The number of hydrogen-bond acceptors (Lipinski definition) is 1. The zero-order valence-corrected chi connectivity index (χ0v) is 10.6. The lowest BCUT2D eigenvalue weighted by atomic mass is 9.82. The Hall–Kier alpha value is -0.820. The number of benzene rings is 1. The fraction of sp³-hybridized carbons (Fsp3) is 0.467. The van der Waals surface area contributed by atoms with E-state index in [4.69, 9.17) is 0 Å². The lowest BCUT2D eigenvalue weighted by Crippen LogP contribution is -2.10. The summed E-state index contributed by atoms with van der Waals surface area (Å²) in [6.07, 6.45) is 5.64. The first-order valence-corrected chi connectivity index (χ1v) is 7.13. The Morgan fingerprint density at radius 2 is 2.06 bits per heavy atom. The Kier molecular flexibility index (Phi) is 2.72. The molecule has 1 aliphatic rings. The molecule has 16 heavy (non-hydrogen) atoms. The van der Waals surface area contributed by atoms with Crippen LogP contribution in [0.3, 0.4) is 0 Å². The zero-order chi connectivity index (χ0) is 11.0. The number of thiophene rings is 1. The lowest BCUT2D eigenvalue weighted by Gasteiger charge is -2.25. The highest BCUT2D eigenvalue weighted by Gasteiger charge is 2.21. The van der Waals surface area contributed by atoms with Crippen LogP contribution in [-0.4, -0.2) is 0 Å². The maximum atomic E-state index is 2.42. The first-order valence-electron chi connectivity index (χ1n) is 6.31. The highest BCUT2D eigenvalue weighted by Crippen LogP contribution is 2.40. The van der Waals surface area contributed by atoms with Gasteiger partial charge in [0.1, 0.15) is 0 Å². The van der Waals surface area contributed by atoms with E-state index < -0.39 is 0 Å². The van der Waals surface area contributed by atoms with Crippen molar-refractivity contribution < 1.29 is 0 Å². The molecule has 0 amide bonds. The van der Waals surface area contributed by atoms with E-state index in [9.17, 15) is 0 Å². The van der Waals surface area contributed by atoms with Crippen LogP contribution in [-0.2, 0) is 0 Å². The molecule has 2 aromatic rings. The smallest absolute Gasteiger partial charge is 0.0345 e. The van der Waals surface area contributed by atoms with E-state index in [1.54, 1.807) is 4.88 Å². The van der Waals surface area contributed by atoms with Gasteiger partial charge >= 0.3 is 0 Å². The predicted molar refractivity (Wildman–Crippen MR) is 72.2 cm³/mol. The Labute approximate surface area is 101 Å². The molecule has 1 aromatic carbocycles. The molecule has 1 heterocycles. The van der Waals surface area contributed by atoms with Gasteiger partial charge in [0.05, 0.1) is 0 Å². The molecule has 0 nitrogen and oxygen atoms in total. The summed E-state index contributed by atoms with van der Waals surface area (Å²) in [6.45, 7) is 2.40. The molecular formula is C15H18S. The zero-order valence-electron chi connectivity index (χ0n) is 9.78. The summed E-state index contributed by atoms with van der Waals surface area (Å²) in [4.78, 5) is 1.62. The third kappa shape index (κ3) is 1.89. The maximum absolute atomic E-state index is 2.42. The van der Waals surface area contributed by atoms with Crippen LogP contribution in [0.15, 0.2) is 30.3 Å². The van der Waals surface area contributed by atoms with Crippen LogP contribution in [0.25, 0.3) is 10.1 Å². The van der Waals surface area contributed by atoms with Gasteiger partial charge in [0, 0.05) is 9.58 Å². The topological polar surface area (TPSA) is 0 Å². The minimum absolute atomic E-state index is 0.834. The van der Waals surface area contributed by atoms with E-state index in [2.05, 4.69) is 37.3 Å². The third-order valence-electron chi connectivity index (χ3n) is 3.78. The van der Waals surface area contributed by atoms with Gasteiger partial charge in [-0.3, -0.25) is 0 Å². The van der Waals surface area contributed by atoms with Crippen molar-refractivity contribution >= 4 is 21.4 Å². The molecule has 3 rings (SSSR count). The first-order chi connectivity index (χ1) is 7.83. The van der Waals surface area contributed by atoms with Crippen LogP contribution < -0.4 is 0 Å². The Morgan fingerprint density at radius 3 is 2.88 bits per heavy atom. The molecule has 2 unspecified atom stereocenters. The molecule has 84 valence electrons. The minimum Gasteiger partial charge on any atom is -0.140 e. The van der Waals surface area contributed by atoms with Gasteiger partial charge in [0.15, 0.2) is 0 Å². The van der Waals surface area contributed by atoms with Crippen molar-refractivity contribution in [1.29, 1.82) is 0 Å². The molecular weight excluding hydrogens is 212 g/mol. The molecule has 0 radical (unpaired) electrons. The number of hydrogen-bond donors (Lipinski definition) is 0. The summed E-state index contributed by atoms with van der Waals surface area (Å²) >= 11 is 2.01. The number of fused-ring (bicyclic) bond motifs is 1. The van der Waals surface area contributed by atoms with Crippen molar-refractivity contribution in [2.45, 2.75) is 38.5 Å². The molecule has 0 N–H and O–H groups in total. The van der Waals surface area contributed by atoms with Gasteiger partial charge in [0.2, 0.25) is 0 Å². The van der Waals surface area contributed by atoms with Crippen molar-refractivity contribution in [2.75, 3.05) is 0 Å². The second kappa shape index (κ2) is 4.21. The van der Waals surface area contributed by atoms with E-state index in [-0.39, 0.29) is 0 Å². The van der Waals surface area contributed by atoms with Crippen molar-refractivity contribution in [1.82, 2.24) is 0 Å². The summed E-state index contributed by atoms with van der Waals surface area (Å²) in [5.74, 6) is 1.75. The summed E-state index contributed by atoms with van der Waals surface area (Å²) < 4.78 is 1.45. The fourth-order valence-electron chi connectivity index (χ4n) is 2.90. The largest absolute Gasteiger partial charge is 0.140 e. The summed E-state index contributed by atoms with van der Waals surface area (Å²) in [5.41, 5.74) is 0. The summed E-state index contributed by atoms with van der Waals surface area (Å²) in [6, 6.07) is 11.2. The molecule has 2 atom stereocenters. The molecule has 0 spiro atoms. The van der Waals surface area contributed by atoms with Crippen LogP contribution in [0.2, 0.25) is 0 Å². The standard InChI is InChI=1S/C15H18S/c1-11-5-4-7-12(9-11)15-10-13-6-2-3-8-14(13)16-15/h2-3,6,8,10-12H,4-5,7,9H2,1H3. The Balaban J connectivity index is 1.93. The molecule has 0 aliphatic heterocycles. The van der Waals surface area contributed by atoms with Gasteiger partial charge in [-0.05, 0) is 42.2 Å². The van der Waals surface area contributed by atoms with Crippen molar-refractivity contribution in [3.8, 4) is 0 Å². The van der Waals surface area contributed by atoms with E-state index in [1.165, 1.54) is 35.8 Å². The van der Waals surface area contributed by atoms with E-state index in [0.717, 1.165) is 11.8 Å². The van der Waals surface area contributed by atoms with Gasteiger partial charge < -0.3 is 0 Å². The third-order valence-corrected chi connectivity index (χ3v) is 5.06. The van der Waals surface area contributed by atoms with E-state index >= 15 is 0 Å². The fourth-order valence-corrected chi connectivity index (χ4v) is 4.11. The van der Waals surface area contributed by atoms with Gasteiger partial charge in [-0.1, -0.05) is 38.0 Å². The van der Waals surface area contributed by atoms with Crippen LogP contribution in [0.1, 0.15) is 43.4 Å². The minimum atomic E-state index is 0.834. The van der Waals surface area contributed by atoms with Crippen LogP contribution in [0, 0.1) is 5.92 Å². The van der Waals surface area contributed by atoms with Crippen molar-refractivity contribution in [3.05, 3.63) is 35.2 Å². The second-order valence-corrected chi connectivity index (χ2v) is 6.27. The van der Waals surface area contributed by atoms with Gasteiger partial charge in [0.25, 0.3) is 0 Å². The van der Waals surface area contributed by atoms with Crippen molar-refractivity contribution in [2.24, 2.45) is 5.92 Å². The van der Waals surface area contributed by atoms with E-state index in [1.807, 2.05) is 11.3 Å². The monoisotopic (exact) mass is 230 g/mol. The molecule has 1 fully saturated rings. The second-order valence-electron chi connectivity index (χ2n) is 5.16. The average molecular weight is 230 g/mol. The predicted octanol–water partition coefficient (Wildman–Crippen LogP) is 5.20. The Bertz CT molecular complexity index is 450. The van der Waals surface area contributed by atoms with Crippen LogP contribution >= 0.6 is 11.3 Å². The van der Waals surface area contributed by atoms with Gasteiger partial charge in [-0.15, -0.1) is 11.3 Å². The quantitative estimate of drug-likeness (QED) is 0.632. The average Bonchev–Trinajstić information content (AvgIpc) is 2.72. The SMILES string of the molecule is CC1CCCC(c2cc3ccccc3s2)C1. The molecule has 1 heteroatoms. The number of rotatable bonds is 1. The van der Waals surface area contributed by atoms with Crippen molar-refractivity contribution in [3.63, 3.8) is 0 Å². The van der Waals surface area contributed by atoms with Gasteiger partial charge in [-0.2, -0.15) is 0 Å². The summed E-state index contributed by atoms with van der Waals surface area (Å²) in [5, 5.41) is 1.43. The molecule has 0 saturated heterocycles. The highest BCUT2D eigenvalue weighted by atomic mass is 32.1.